The van der Waals surface area contributed by atoms with E-state index in [-0.39, 0.29) is 77.7 Å². The lowest BCUT2D eigenvalue weighted by Crippen LogP contribution is -2.58. The quantitative estimate of drug-likeness (QED) is 0.0879. The number of halogens is 3. The highest BCUT2D eigenvalue weighted by Gasteiger charge is 2.44. The molecule has 1 saturated carbocycles. The Morgan fingerprint density at radius 3 is 2.39 bits per heavy atom. The molecule has 4 aromatic rings. The molecule has 4 aliphatic rings. The lowest BCUT2D eigenvalue weighted by Gasteiger charge is -2.44. The Labute approximate surface area is 420 Å². The van der Waals surface area contributed by atoms with Crippen LogP contribution >= 0.6 is 0 Å². The molecule has 3 saturated heterocycles. The largest absolute Gasteiger partial charge is 0.416 e. The molecule has 0 bridgehead atoms. The molecule has 386 valence electrons. The van der Waals surface area contributed by atoms with E-state index in [4.69, 9.17) is 0 Å². The number of carbonyl (C=O) groups is 5. The summed E-state index contributed by atoms with van der Waals surface area (Å²) in [6, 6.07) is 14.5. The zero-order valence-electron chi connectivity index (χ0n) is 41.9. The molecule has 18 heteroatoms. The summed E-state index contributed by atoms with van der Waals surface area (Å²) >= 11 is 0. The molecule has 3 aliphatic heterocycles. The summed E-state index contributed by atoms with van der Waals surface area (Å²) in [5, 5.41) is 9.66. The van der Waals surface area contributed by atoms with Gasteiger partial charge in [0.15, 0.2) is 0 Å². The van der Waals surface area contributed by atoms with Crippen LogP contribution in [0.3, 0.4) is 0 Å². The first-order valence-electron chi connectivity index (χ1n) is 25.8. The predicted molar refractivity (Wildman–Crippen MR) is 267 cm³/mol. The lowest BCUT2D eigenvalue weighted by atomic mass is 9.84. The minimum absolute atomic E-state index is 0.0581. The van der Waals surface area contributed by atoms with Crippen molar-refractivity contribution in [1.82, 2.24) is 45.2 Å². The van der Waals surface area contributed by atoms with Gasteiger partial charge in [0.2, 0.25) is 29.5 Å². The second kappa shape index (κ2) is 23.1. The monoisotopic (exact) mass is 995 g/mol. The zero-order valence-corrected chi connectivity index (χ0v) is 41.9. The number of aromatic nitrogens is 3. The van der Waals surface area contributed by atoms with Crippen LogP contribution in [0.1, 0.15) is 125 Å². The second-order valence-corrected chi connectivity index (χ2v) is 20.5. The number of amides is 5. The van der Waals surface area contributed by atoms with Crippen LogP contribution in [-0.4, -0.2) is 135 Å². The van der Waals surface area contributed by atoms with Crippen LogP contribution in [0.4, 0.5) is 19.0 Å². The Bertz CT molecular complexity index is 2540. The maximum Gasteiger partial charge on any atom is 0.416 e. The van der Waals surface area contributed by atoms with Gasteiger partial charge in [0.1, 0.15) is 18.2 Å². The van der Waals surface area contributed by atoms with Crippen molar-refractivity contribution < 1.29 is 37.1 Å². The molecular formula is C54H69F3N10O5. The van der Waals surface area contributed by atoms with E-state index in [1.807, 2.05) is 21.9 Å². The number of aryl methyl sites for hydroxylation is 1. The van der Waals surface area contributed by atoms with Crippen molar-refractivity contribution in [2.75, 3.05) is 45.6 Å². The van der Waals surface area contributed by atoms with Gasteiger partial charge < -0.3 is 35.6 Å². The van der Waals surface area contributed by atoms with Crippen molar-refractivity contribution in [3.05, 3.63) is 95.6 Å². The number of rotatable bonds is 18. The molecule has 5 amide bonds. The summed E-state index contributed by atoms with van der Waals surface area (Å²) in [6.45, 7) is 6.63. The van der Waals surface area contributed by atoms with Crippen LogP contribution in [0.5, 0.6) is 0 Å². The van der Waals surface area contributed by atoms with Crippen molar-refractivity contribution >= 4 is 46.3 Å². The van der Waals surface area contributed by atoms with Crippen molar-refractivity contribution in [3.8, 4) is 0 Å². The van der Waals surface area contributed by atoms with Gasteiger partial charge >= 0.3 is 6.18 Å². The van der Waals surface area contributed by atoms with Crippen LogP contribution < -0.4 is 16.0 Å². The molecular weight excluding hydrogens is 926 g/mol. The molecule has 0 unspecified atom stereocenters. The summed E-state index contributed by atoms with van der Waals surface area (Å²) in [5.41, 5.74) is 2.65. The molecule has 2 aromatic carbocycles. The number of unbranched alkanes of at least 4 members (excludes halogenated alkanes) is 2. The Balaban J connectivity index is 0.768. The average Bonchev–Trinajstić information content (AvgIpc) is 3.89. The summed E-state index contributed by atoms with van der Waals surface area (Å²) < 4.78 is 40.8. The molecule has 4 fully saturated rings. The van der Waals surface area contributed by atoms with Crippen LogP contribution in [0.15, 0.2) is 73.3 Å². The molecule has 1 aliphatic carbocycles. The Hall–Kier alpha value is -6.17. The first-order valence-corrected chi connectivity index (χ1v) is 25.8. The van der Waals surface area contributed by atoms with E-state index in [2.05, 4.69) is 81.0 Å². The number of fused-ring (bicyclic) bond motifs is 1. The van der Waals surface area contributed by atoms with Crippen molar-refractivity contribution in [1.29, 1.82) is 0 Å². The van der Waals surface area contributed by atoms with E-state index in [1.54, 1.807) is 24.3 Å². The van der Waals surface area contributed by atoms with E-state index in [1.165, 1.54) is 18.0 Å². The van der Waals surface area contributed by atoms with Gasteiger partial charge in [-0.2, -0.15) is 13.2 Å². The summed E-state index contributed by atoms with van der Waals surface area (Å²) in [5.74, 6) is -0.223. The first kappa shape index (κ1) is 52.2. The van der Waals surface area contributed by atoms with Gasteiger partial charge in [0.05, 0.1) is 35.1 Å². The van der Waals surface area contributed by atoms with E-state index < -0.39 is 23.7 Å². The number of piperidine rings is 1. The molecule has 6 atom stereocenters. The smallest absolute Gasteiger partial charge is 0.358 e. The fourth-order valence-corrected chi connectivity index (χ4v) is 11.3. The van der Waals surface area contributed by atoms with Gasteiger partial charge in [-0.1, -0.05) is 36.8 Å². The van der Waals surface area contributed by atoms with Gasteiger partial charge in [-0.3, -0.25) is 29.0 Å². The maximum atomic E-state index is 14.1. The number of pyridine rings is 1. The minimum Gasteiger partial charge on any atom is -0.358 e. The molecule has 15 nitrogen and oxygen atoms in total. The molecule has 8 rings (SSSR count). The summed E-state index contributed by atoms with van der Waals surface area (Å²) in [7, 11) is 3.82. The Morgan fingerprint density at radius 2 is 1.67 bits per heavy atom. The van der Waals surface area contributed by atoms with E-state index in [0.29, 0.717) is 75.8 Å². The second-order valence-electron chi connectivity index (χ2n) is 20.5. The van der Waals surface area contributed by atoms with E-state index in [9.17, 15) is 37.1 Å². The molecule has 0 spiro atoms. The third-order valence-corrected chi connectivity index (χ3v) is 15.7. The van der Waals surface area contributed by atoms with Gasteiger partial charge in [0.25, 0.3) is 0 Å². The highest BCUT2D eigenvalue weighted by Crippen LogP contribution is 2.38. The van der Waals surface area contributed by atoms with Crippen LogP contribution in [0, 0.1) is 5.92 Å². The molecule has 3 N–H and O–H groups in total. The average molecular weight is 995 g/mol. The number of benzene rings is 2. The fraction of sp³-hybridized carbons (Fsp3) is 0.556. The fourth-order valence-electron chi connectivity index (χ4n) is 11.3. The number of hydrogen-bond acceptors (Lipinski definition) is 10. The van der Waals surface area contributed by atoms with Crippen molar-refractivity contribution in [3.63, 3.8) is 0 Å². The zero-order chi connectivity index (χ0) is 51.1. The first-order chi connectivity index (χ1) is 34.5. The summed E-state index contributed by atoms with van der Waals surface area (Å²) in [6.07, 6.45) is 8.36. The third-order valence-electron chi connectivity index (χ3n) is 15.7. The highest BCUT2D eigenvalue weighted by atomic mass is 19.4. The van der Waals surface area contributed by atoms with Crippen molar-refractivity contribution in [2.24, 2.45) is 5.92 Å². The number of hydrogen-bond donors (Lipinski definition) is 3. The molecule has 5 heterocycles. The maximum absolute atomic E-state index is 14.1. The van der Waals surface area contributed by atoms with E-state index >= 15 is 0 Å². The van der Waals surface area contributed by atoms with Gasteiger partial charge in [-0.05, 0) is 126 Å². The highest BCUT2D eigenvalue weighted by molar-refractivity contribution is 5.93. The van der Waals surface area contributed by atoms with Crippen LogP contribution in [0.25, 0.3) is 10.9 Å². The molecule has 2 aromatic heterocycles. The number of alkyl halides is 3. The van der Waals surface area contributed by atoms with Crippen LogP contribution in [-0.2, 0) is 36.6 Å². The number of nitrogens with zero attached hydrogens (tertiary/aromatic N) is 7. The minimum atomic E-state index is -4.54. The number of likely N-dealkylation sites (tertiary alicyclic amines) is 3. The SMILES string of the molecule is CC(C)N(C)[C@@H]1CC[C@H](N2CC[C@H](Nc3ncnc4ccc(C(F)(F)F)cc34)C2=O)[C@H](NC(=O)CCc2ccc(C3CCN(C(=O)CCCCCNC(=O)[C@H]4CC(=O)N(C)[C@@H]4c4cccnc4)CC3)cc2)C1. The normalized spacial score (nSPS) is 23.1. The standard InChI is InChI=1S/C54H69F3N10O5/c1-34(2)64(3)40-17-19-46(67-28-23-44(53(67)72)63-51-41-29-39(54(55,56)57)16-18-43(41)60-33-61-51)45(30-40)62-47(68)20-13-35-11-14-36(15-12-35)37-21-26-66(27-22-37)48(69)10-6-5-7-25-59-52(71)42-31-49(70)65(4)50(42)38-9-8-24-58-32-38/h8-9,11-12,14-16,18,24,29,32-34,37,40,42,44-46,50H,5-7,10,13,17,19-23,25-28,30-31H2,1-4H3,(H,59,71)(H,62,68)(H,60,61,63)/t40-,42+,44+,45-,46+,50-/m1/s1. The van der Waals surface area contributed by atoms with Gasteiger partial charge in [-0.25, -0.2) is 9.97 Å². The third kappa shape index (κ3) is 12.4. The van der Waals surface area contributed by atoms with Gasteiger partial charge in [-0.15, -0.1) is 0 Å². The van der Waals surface area contributed by atoms with E-state index in [0.717, 1.165) is 61.8 Å². The van der Waals surface area contributed by atoms with Crippen molar-refractivity contribution in [2.45, 2.75) is 146 Å². The van der Waals surface area contributed by atoms with Crippen LogP contribution in [0.2, 0.25) is 0 Å². The molecule has 0 radical (unpaired) electrons. The Morgan fingerprint density at radius 1 is 0.889 bits per heavy atom. The van der Waals surface area contributed by atoms with Gasteiger partial charge in [0, 0.05) is 82.4 Å². The predicted octanol–water partition coefficient (Wildman–Crippen LogP) is 7.04. The number of anilines is 1. The Kier molecular flexibility index (Phi) is 16.8. The molecule has 72 heavy (non-hydrogen) atoms. The number of nitrogens with one attached hydrogen (secondary N) is 3. The number of carbonyl (C=O) groups excluding carboxylic acids is 5. The summed E-state index contributed by atoms with van der Waals surface area (Å²) in [4.78, 5) is 86.8. The topological polar surface area (TPSA) is 173 Å². The lowest BCUT2D eigenvalue weighted by molar-refractivity contribution is -0.137.